The van der Waals surface area contributed by atoms with Gasteiger partial charge < -0.3 is 10.2 Å². The first-order chi connectivity index (χ1) is 9.02. The van der Waals surface area contributed by atoms with Crippen molar-refractivity contribution >= 4 is 11.7 Å². The van der Waals surface area contributed by atoms with Crippen LogP contribution < -0.4 is 5.32 Å². The van der Waals surface area contributed by atoms with Crippen molar-refractivity contribution in [2.24, 2.45) is 5.41 Å². The van der Waals surface area contributed by atoms with E-state index in [0.717, 1.165) is 25.9 Å². The molecule has 0 aromatic carbocycles. The number of hydrogen-bond donors (Lipinski definition) is 1. The Bertz CT molecular complexity index is 459. The lowest BCUT2D eigenvalue weighted by Gasteiger charge is -2.23. The van der Waals surface area contributed by atoms with Gasteiger partial charge in [0.05, 0.1) is 12.4 Å². The third-order valence-corrected chi connectivity index (χ3v) is 3.74. The van der Waals surface area contributed by atoms with Gasteiger partial charge in [-0.25, -0.2) is 4.98 Å². The molecule has 1 N–H and O–H groups in total. The van der Waals surface area contributed by atoms with Gasteiger partial charge >= 0.3 is 0 Å². The van der Waals surface area contributed by atoms with Gasteiger partial charge in [-0.2, -0.15) is 0 Å². The molecule has 0 radical (unpaired) electrons. The van der Waals surface area contributed by atoms with Gasteiger partial charge in [-0.3, -0.25) is 9.78 Å². The molecule has 0 unspecified atom stereocenters. The normalized spacial score (nSPS) is 18.8. The Balaban J connectivity index is 2.10. The highest BCUT2D eigenvalue weighted by atomic mass is 16.2. The van der Waals surface area contributed by atoms with Crippen LogP contribution in [-0.4, -0.2) is 40.9 Å². The summed E-state index contributed by atoms with van der Waals surface area (Å²) in [6.07, 6.45) is 6.41. The number of carbonyl (C=O) groups excluding carboxylic acids is 1. The van der Waals surface area contributed by atoms with Crippen molar-refractivity contribution in [2.45, 2.75) is 33.1 Å². The molecule has 0 atom stereocenters. The second-order valence-electron chi connectivity index (χ2n) is 5.85. The van der Waals surface area contributed by atoms with E-state index in [9.17, 15) is 4.79 Å². The van der Waals surface area contributed by atoms with Crippen molar-refractivity contribution in [1.82, 2.24) is 14.9 Å². The molecule has 0 aliphatic carbocycles. The second kappa shape index (κ2) is 5.55. The maximum atomic E-state index is 12.4. The minimum Gasteiger partial charge on any atom is -0.372 e. The summed E-state index contributed by atoms with van der Waals surface area (Å²) in [5.41, 5.74) is 0.750. The molecule has 5 heteroatoms. The van der Waals surface area contributed by atoms with Gasteiger partial charge in [0.15, 0.2) is 0 Å². The summed E-state index contributed by atoms with van der Waals surface area (Å²) in [5, 5.41) is 2.91. The first-order valence-corrected chi connectivity index (χ1v) is 6.81. The van der Waals surface area contributed by atoms with E-state index in [1.807, 2.05) is 4.90 Å². The predicted molar refractivity (Wildman–Crippen MR) is 75.1 cm³/mol. The van der Waals surface area contributed by atoms with Gasteiger partial charge in [0.2, 0.25) is 0 Å². The molecule has 1 amide bonds. The molecule has 1 fully saturated rings. The molecule has 2 rings (SSSR count). The third kappa shape index (κ3) is 3.43. The van der Waals surface area contributed by atoms with Crippen molar-refractivity contribution in [3.05, 3.63) is 18.1 Å². The van der Waals surface area contributed by atoms with Gasteiger partial charge in [-0.15, -0.1) is 0 Å². The maximum absolute atomic E-state index is 12.4. The quantitative estimate of drug-likeness (QED) is 0.887. The van der Waals surface area contributed by atoms with Crippen LogP contribution in [-0.2, 0) is 0 Å². The van der Waals surface area contributed by atoms with E-state index in [0.29, 0.717) is 16.9 Å². The molecule has 1 aromatic heterocycles. The standard InChI is InChI=1S/C14H22N4O/c1-14(2)5-4-7-18(8-6-14)13(19)11-9-16-10-12(15-3)17-11/h9-10H,4-8H2,1-3H3,(H,15,17). The van der Waals surface area contributed by atoms with Gasteiger partial charge in [-0.05, 0) is 24.7 Å². The largest absolute Gasteiger partial charge is 0.372 e. The van der Waals surface area contributed by atoms with Crippen LogP contribution in [0.4, 0.5) is 5.82 Å². The second-order valence-corrected chi connectivity index (χ2v) is 5.85. The molecule has 1 aromatic rings. The number of anilines is 1. The molecule has 0 bridgehead atoms. The summed E-state index contributed by atoms with van der Waals surface area (Å²) in [7, 11) is 1.77. The summed E-state index contributed by atoms with van der Waals surface area (Å²) in [4.78, 5) is 22.6. The Morgan fingerprint density at radius 3 is 2.84 bits per heavy atom. The number of nitrogens with one attached hydrogen (secondary N) is 1. The van der Waals surface area contributed by atoms with Crippen molar-refractivity contribution in [1.29, 1.82) is 0 Å². The summed E-state index contributed by atoms with van der Waals surface area (Å²) >= 11 is 0. The van der Waals surface area contributed by atoms with E-state index in [1.165, 1.54) is 6.42 Å². The Morgan fingerprint density at radius 2 is 2.11 bits per heavy atom. The lowest BCUT2D eigenvalue weighted by molar-refractivity contribution is 0.0751. The Morgan fingerprint density at radius 1 is 1.32 bits per heavy atom. The van der Waals surface area contributed by atoms with E-state index in [1.54, 1.807) is 19.4 Å². The lowest BCUT2D eigenvalue weighted by Crippen LogP contribution is -2.33. The fourth-order valence-corrected chi connectivity index (χ4v) is 2.38. The van der Waals surface area contributed by atoms with Crippen LogP contribution in [0.1, 0.15) is 43.6 Å². The minimum absolute atomic E-state index is 0.0118. The Hall–Kier alpha value is -1.65. The summed E-state index contributed by atoms with van der Waals surface area (Å²) in [6.45, 7) is 6.15. The number of nitrogens with zero attached hydrogens (tertiary/aromatic N) is 3. The highest BCUT2D eigenvalue weighted by Gasteiger charge is 2.26. The average Bonchev–Trinajstić information content (AvgIpc) is 2.59. The highest BCUT2D eigenvalue weighted by Crippen LogP contribution is 2.30. The molecule has 0 saturated carbocycles. The van der Waals surface area contributed by atoms with Gasteiger partial charge in [-0.1, -0.05) is 13.8 Å². The number of amides is 1. The van der Waals surface area contributed by atoms with Crippen molar-refractivity contribution in [3.8, 4) is 0 Å². The Labute approximate surface area is 114 Å². The molecule has 19 heavy (non-hydrogen) atoms. The van der Waals surface area contributed by atoms with Crippen molar-refractivity contribution < 1.29 is 4.79 Å². The van der Waals surface area contributed by atoms with E-state index in [4.69, 9.17) is 0 Å². The van der Waals surface area contributed by atoms with Crippen LogP contribution in [0.5, 0.6) is 0 Å². The monoisotopic (exact) mass is 262 g/mol. The average molecular weight is 262 g/mol. The maximum Gasteiger partial charge on any atom is 0.274 e. The van der Waals surface area contributed by atoms with Gasteiger partial charge in [0.1, 0.15) is 11.5 Å². The fourth-order valence-electron chi connectivity index (χ4n) is 2.38. The van der Waals surface area contributed by atoms with Crippen LogP contribution in [0.25, 0.3) is 0 Å². The summed E-state index contributed by atoms with van der Waals surface area (Å²) < 4.78 is 0. The zero-order valence-corrected chi connectivity index (χ0v) is 11.9. The predicted octanol–water partition coefficient (Wildman–Crippen LogP) is 2.17. The summed E-state index contributed by atoms with van der Waals surface area (Å²) in [6, 6.07) is 0. The minimum atomic E-state index is -0.0118. The van der Waals surface area contributed by atoms with Gasteiger partial charge in [0.25, 0.3) is 5.91 Å². The first kappa shape index (κ1) is 13.8. The number of carbonyl (C=O) groups is 1. The molecular weight excluding hydrogens is 240 g/mol. The number of rotatable bonds is 2. The van der Waals surface area contributed by atoms with Crippen LogP contribution in [0, 0.1) is 5.41 Å². The number of likely N-dealkylation sites (tertiary alicyclic amines) is 1. The molecule has 5 nitrogen and oxygen atoms in total. The van der Waals surface area contributed by atoms with E-state index in [2.05, 4.69) is 29.1 Å². The molecule has 0 spiro atoms. The lowest BCUT2D eigenvalue weighted by atomic mass is 9.85. The Kier molecular flexibility index (Phi) is 4.02. The number of hydrogen-bond acceptors (Lipinski definition) is 4. The van der Waals surface area contributed by atoms with Crippen LogP contribution in [0.15, 0.2) is 12.4 Å². The molecule has 2 heterocycles. The molecule has 1 aliphatic rings. The van der Waals surface area contributed by atoms with E-state index >= 15 is 0 Å². The van der Waals surface area contributed by atoms with Crippen LogP contribution >= 0.6 is 0 Å². The van der Waals surface area contributed by atoms with E-state index in [-0.39, 0.29) is 5.91 Å². The first-order valence-electron chi connectivity index (χ1n) is 6.81. The fraction of sp³-hybridized carbons (Fsp3) is 0.643. The van der Waals surface area contributed by atoms with E-state index < -0.39 is 0 Å². The SMILES string of the molecule is CNc1cncc(C(=O)N2CCCC(C)(C)CC2)n1. The summed E-state index contributed by atoms with van der Waals surface area (Å²) in [5.74, 6) is 0.614. The molecule has 104 valence electrons. The molecule has 1 saturated heterocycles. The molecule has 1 aliphatic heterocycles. The van der Waals surface area contributed by atoms with Crippen LogP contribution in [0.2, 0.25) is 0 Å². The highest BCUT2D eigenvalue weighted by molar-refractivity contribution is 5.92. The van der Waals surface area contributed by atoms with Crippen molar-refractivity contribution in [3.63, 3.8) is 0 Å². The zero-order chi connectivity index (χ0) is 13.9. The number of aromatic nitrogens is 2. The van der Waals surface area contributed by atoms with Crippen molar-refractivity contribution in [2.75, 3.05) is 25.5 Å². The van der Waals surface area contributed by atoms with Gasteiger partial charge in [0, 0.05) is 20.1 Å². The van der Waals surface area contributed by atoms with Crippen LogP contribution in [0.3, 0.4) is 0 Å². The topological polar surface area (TPSA) is 58.1 Å². The molecular formula is C14H22N4O. The third-order valence-electron chi connectivity index (χ3n) is 3.74. The smallest absolute Gasteiger partial charge is 0.274 e. The zero-order valence-electron chi connectivity index (χ0n) is 11.9.